The summed E-state index contributed by atoms with van der Waals surface area (Å²) in [7, 11) is 0. The molecule has 0 aromatic carbocycles. The van der Waals surface area contributed by atoms with Crippen LogP contribution in [0, 0.1) is 0 Å². The molecule has 0 aliphatic heterocycles. The number of carbonyl (C=O) groups excluding carboxylic acids is 1. The van der Waals surface area contributed by atoms with Crippen molar-refractivity contribution in [3.63, 3.8) is 0 Å². The lowest BCUT2D eigenvalue weighted by molar-refractivity contribution is 0.0930. The van der Waals surface area contributed by atoms with Crippen LogP contribution < -0.4 is 11.1 Å². The highest BCUT2D eigenvalue weighted by molar-refractivity contribution is 5.93. The standard InChI is InChI=1S/C18H17N7O2/c1-2-12(11-5-3-7-20-10-11)21-17(26)13-9-15-23-16(14-6-4-8-27-14)24-25(15)18(19)22-13/h3-10,12H,2H2,1H3,(H2,19,22)(H,21,26). The summed E-state index contributed by atoms with van der Waals surface area (Å²) in [5.74, 6) is 0.597. The number of nitrogen functional groups attached to an aromatic ring is 1. The van der Waals surface area contributed by atoms with Crippen LogP contribution in [-0.4, -0.2) is 30.5 Å². The quantitative estimate of drug-likeness (QED) is 0.557. The highest BCUT2D eigenvalue weighted by Gasteiger charge is 2.19. The molecule has 0 aliphatic rings. The normalized spacial score (nSPS) is 12.2. The second kappa shape index (κ2) is 6.87. The number of pyridine rings is 1. The van der Waals surface area contributed by atoms with E-state index in [2.05, 4.69) is 25.4 Å². The van der Waals surface area contributed by atoms with Gasteiger partial charge in [0, 0.05) is 18.5 Å². The largest absolute Gasteiger partial charge is 0.461 e. The van der Waals surface area contributed by atoms with Crippen LogP contribution in [0.1, 0.15) is 35.4 Å². The molecule has 3 N–H and O–H groups in total. The Morgan fingerprint density at radius 2 is 2.22 bits per heavy atom. The molecule has 0 saturated carbocycles. The molecule has 0 fully saturated rings. The minimum atomic E-state index is -0.345. The van der Waals surface area contributed by atoms with Gasteiger partial charge in [0.2, 0.25) is 11.8 Å². The van der Waals surface area contributed by atoms with Crippen LogP contribution >= 0.6 is 0 Å². The van der Waals surface area contributed by atoms with Gasteiger partial charge >= 0.3 is 0 Å². The zero-order chi connectivity index (χ0) is 18.8. The van der Waals surface area contributed by atoms with Crippen LogP contribution in [0.3, 0.4) is 0 Å². The van der Waals surface area contributed by atoms with E-state index in [4.69, 9.17) is 10.2 Å². The van der Waals surface area contributed by atoms with Gasteiger partial charge in [-0.3, -0.25) is 9.78 Å². The fourth-order valence-corrected chi connectivity index (χ4v) is 2.77. The molecule has 4 aromatic heterocycles. The molecule has 1 unspecified atom stereocenters. The van der Waals surface area contributed by atoms with Crippen molar-refractivity contribution in [1.29, 1.82) is 0 Å². The van der Waals surface area contributed by atoms with E-state index in [1.54, 1.807) is 30.6 Å². The molecule has 27 heavy (non-hydrogen) atoms. The number of carbonyl (C=O) groups is 1. The number of hydrogen-bond acceptors (Lipinski definition) is 7. The van der Waals surface area contributed by atoms with Crippen molar-refractivity contribution < 1.29 is 9.21 Å². The van der Waals surface area contributed by atoms with Gasteiger partial charge in [-0.05, 0) is 30.2 Å². The molecule has 0 radical (unpaired) electrons. The van der Waals surface area contributed by atoms with E-state index in [1.807, 2.05) is 19.1 Å². The molecular formula is C18H17N7O2. The molecule has 9 heteroatoms. The van der Waals surface area contributed by atoms with Gasteiger partial charge in [-0.15, -0.1) is 5.10 Å². The second-order valence-corrected chi connectivity index (χ2v) is 5.90. The van der Waals surface area contributed by atoms with Crippen molar-refractivity contribution in [1.82, 2.24) is 29.9 Å². The maximum Gasteiger partial charge on any atom is 0.270 e. The summed E-state index contributed by atoms with van der Waals surface area (Å²) in [6.07, 6.45) is 5.66. The second-order valence-electron chi connectivity index (χ2n) is 5.90. The molecule has 136 valence electrons. The minimum absolute atomic E-state index is 0.0670. The fourth-order valence-electron chi connectivity index (χ4n) is 2.77. The van der Waals surface area contributed by atoms with Gasteiger partial charge in [0.25, 0.3) is 5.91 Å². The van der Waals surface area contributed by atoms with E-state index in [0.29, 0.717) is 23.7 Å². The van der Waals surface area contributed by atoms with Crippen molar-refractivity contribution in [2.75, 3.05) is 5.73 Å². The van der Waals surface area contributed by atoms with Crippen LogP contribution in [-0.2, 0) is 0 Å². The maximum absolute atomic E-state index is 12.7. The number of amides is 1. The molecule has 4 heterocycles. The molecule has 9 nitrogen and oxygen atoms in total. The van der Waals surface area contributed by atoms with Gasteiger partial charge < -0.3 is 15.5 Å². The van der Waals surface area contributed by atoms with Gasteiger partial charge in [-0.1, -0.05) is 13.0 Å². The monoisotopic (exact) mass is 363 g/mol. The predicted octanol–water partition coefficient (Wildman–Crippen LogP) is 2.24. The van der Waals surface area contributed by atoms with Crippen LogP contribution in [0.15, 0.2) is 53.4 Å². The highest BCUT2D eigenvalue weighted by Crippen LogP contribution is 2.19. The smallest absolute Gasteiger partial charge is 0.270 e. The van der Waals surface area contributed by atoms with Crippen LogP contribution in [0.5, 0.6) is 0 Å². The summed E-state index contributed by atoms with van der Waals surface area (Å²) in [6, 6.07) is 8.60. The first kappa shape index (κ1) is 16.7. The summed E-state index contributed by atoms with van der Waals surface area (Å²) in [5.41, 5.74) is 7.46. The lowest BCUT2D eigenvalue weighted by Crippen LogP contribution is -2.29. The lowest BCUT2D eigenvalue weighted by atomic mass is 10.1. The molecule has 1 atom stereocenters. The topological polar surface area (TPSA) is 124 Å². The third kappa shape index (κ3) is 3.22. The van der Waals surface area contributed by atoms with E-state index in [0.717, 1.165) is 5.56 Å². The van der Waals surface area contributed by atoms with E-state index >= 15 is 0 Å². The Balaban J connectivity index is 1.64. The first-order valence-electron chi connectivity index (χ1n) is 8.43. The number of hydrogen-bond donors (Lipinski definition) is 2. The first-order chi connectivity index (χ1) is 13.2. The summed E-state index contributed by atoms with van der Waals surface area (Å²) in [5, 5.41) is 7.22. The lowest BCUT2D eigenvalue weighted by Gasteiger charge is -2.16. The average molecular weight is 363 g/mol. The summed E-state index contributed by atoms with van der Waals surface area (Å²) in [6.45, 7) is 1.98. The van der Waals surface area contributed by atoms with Crippen molar-refractivity contribution in [3.8, 4) is 11.6 Å². The van der Waals surface area contributed by atoms with E-state index in [1.165, 1.54) is 10.8 Å². The molecule has 4 aromatic rings. The Labute approximate surface area is 154 Å². The van der Waals surface area contributed by atoms with Crippen LogP contribution in [0.25, 0.3) is 17.2 Å². The molecule has 0 aliphatic carbocycles. The SMILES string of the molecule is CCC(NC(=O)c1cc2nc(-c3ccco3)nn2c(N)n1)c1cccnc1. The Bertz CT molecular complexity index is 1070. The number of aromatic nitrogens is 5. The Morgan fingerprint density at radius 3 is 2.93 bits per heavy atom. The molecule has 0 bridgehead atoms. The summed E-state index contributed by atoms with van der Waals surface area (Å²) in [4.78, 5) is 25.3. The zero-order valence-corrected chi connectivity index (χ0v) is 14.5. The first-order valence-corrected chi connectivity index (χ1v) is 8.43. The average Bonchev–Trinajstić information content (AvgIpc) is 3.36. The number of fused-ring (bicyclic) bond motifs is 1. The minimum Gasteiger partial charge on any atom is -0.461 e. The van der Waals surface area contributed by atoms with Crippen molar-refractivity contribution >= 4 is 17.5 Å². The number of furan rings is 1. The van der Waals surface area contributed by atoms with Crippen LogP contribution in [0.2, 0.25) is 0 Å². The Hall–Kier alpha value is -3.75. The van der Waals surface area contributed by atoms with E-state index in [-0.39, 0.29) is 23.6 Å². The molecule has 0 saturated heterocycles. The van der Waals surface area contributed by atoms with E-state index < -0.39 is 0 Å². The highest BCUT2D eigenvalue weighted by atomic mass is 16.3. The third-order valence-electron chi connectivity index (χ3n) is 4.12. The number of nitrogens with zero attached hydrogens (tertiary/aromatic N) is 5. The molecule has 4 rings (SSSR count). The summed E-state index contributed by atoms with van der Waals surface area (Å²) < 4.78 is 6.67. The number of anilines is 1. The van der Waals surface area contributed by atoms with Crippen LogP contribution in [0.4, 0.5) is 5.95 Å². The summed E-state index contributed by atoms with van der Waals surface area (Å²) >= 11 is 0. The Morgan fingerprint density at radius 1 is 1.33 bits per heavy atom. The predicted molar refractivity (Wildman–Crippen MR) is 97.6 cm³/mol. The van der Waals surface area contributed by atoms with Gasteiger partial charge in [0.1, 0.15) is 5.69 Å². The molecule has 0 spiro atoms. The van der Waals surface area contributed by atoms with Crippen molar-refractivity contribution in [3.05, 3.63) is 60.2 Å². The molecular weight excluding hydrogens is 346 g/mol. The van der Waals surface area contributed by atoms with Crippen molar-refractivity contribution in [2.24, 2.45) is 0 Å². The maximum atomic E-state index is 12.7. The van der Waals surface area contributed by atoms with Gasteiger partial charge in [-0.2, -0.15) is 4.52 Å². The fraction of sp³-hybridized carbons (Fsp3) is 0.167. The molecule has 1 amide bonds. The third-order valence-corrected chi connectivity index (χ3v) is 4.12. The van der Waals surface area contributed by atoms with E-state index in [9.17, 15) is 4.79 Å². The van der Waals surface area contributed by atoms with Gasteiger partial charge in [0.15, 0.2) is 11.4 Å². The van der Waals surface area contributed by atoms with Gasteiger partial charge in [0.05, 0.1) is 12.3 Å². The zero-order valence-electron chi connectivity index (χ0n) is 14.5. The number of rotatable bonds is 5. The Kier molecular flexibility index (Phi) is 4.25. The van der Waals surface area contributed by atoms with Crippen molar-refractivity contribution in [2.45, 2.75) is 19.4 Å². The number of nitrogens with two attached hydrogens (primary N) is 1. The van der Waals surface area contributed by atoms with Gasteiger partial charge in [-0.25, -0.2) is 9.97 Å². The number of nitrogens with one attached hydrogen (secondary N) is 1.